The van der Waals surface area contributed by atoms with Gasteiger partial charge in [0.2, 0.25) is 0 Å². The molecule has 3 aromatic rings. The number of hydrogen-bond donors (Lipinski definition) is 2. The number of nitrogens with zero attached hydrogens (tertiary/aromatic N) is 2. The summed E-state index contributed by atoms with van der Waals surface area (Å²) < 4.78 is 11.1. The van der Waals surface area contributed by atoms with E-state index in [0.29, 0.717) is 24.8 Å². The molecule has 0 spiro atoms. The lowest BCUT2D eigenvalue weighted by atomic mass is 10.3. The highest BCUT2D eigenvalue weighted by molar-refractivity contribution is 5.67. The van der Waals surface area contributed by atoms with Crippen molar-refractivity contribution in [3.63, 3.8) is 0 Å². The van der Waals surface area contributed by atoms with Gasteiger partial charge in [0.25, 0.3) is 0 Å². The molecule has 1 heterocycles. The molecular formula is C20H22N4O2. The average Bonchev–Trinajstić information content (AvgIpc) is 2.66. The topological polar surface area (TPSA) is 68.3 Å². The van der Waals surface area contributed by atoms with Crippen molar-refractivity contribution in [2.45, 2.75) is 13.8 Å². The number of para-hydroxylation sites is 2. The normalized spacial score (nSPS) is 10.2. The third-order valence-electron chi connectivity index (χ3n) is 3.55. The highest BCUT2D eigenvalue weighted by Gasteiger charge is 2.05. The zero-order chi connectivity index (χ0) is 18.2. The smallest absolute Gasteiger partial charge is 0.142 e. The maximum Gasteiger partial charge on any atom is 0.142 e. The van der Waals surface area contributed by atoms with Crippen LogP contribution in [0.4, 0.5) is 23.0 Å². The summed E-state index contributed by atoms with van der Waals surface area (Å²) in [6, 6.07) is 17.3. The fraction of sp³-hybridized carbons (Fsp3) is 0.200. The van der Waals surface area contributed by atoms with Crippen molar-refractivity contribution in [2.24, 2.45) is 0 Å². The second-order valence-corrected chi connectivity index (χ2v) is 5.43. The first-order valence-corrected chi connectivity index (χ1v) is 8.59. The molecule has 0 radical (unpaired) electrons. The molecular weight excluding hydrogens is 328 g/mol. The van der Waals surface area contributed by atoms with Gasteiger partial charge in [0.15, 0.2) is 0 Å². The van der Waals surface area contributed by atoms with Crippen molar-refractivity contribution in [1.29, 1.82) is 0 Å². The number of nitrogens with one attached hydrogen (secondary N) is 2. The fourth-order valence-electron chi connectivity index (χ4n) is 2.43. The lowest BCUT2D eigenvalue weighted by Gasteiger charge is -2.12. The largest absolute Gasteiger partial charge is 0.494 e. The Morgan fingerprint density at radius 1 is 0.808 bits per heavy atom. The van der Waals surface area contributed by atoms with E-state index in [9.17, 15) is 0 Å². The molecule has 1 aromatic heterocycles. The van der Waals surface area contributed by atoms with Crippen LogP contribution in [0.1, 0.15) is 13.8 Å². The summed E-state index contributed by atoms with van der Waals surface area (Å²) in [6.45, 7) is 5.18. The molecule has 2 aromatic carbocycles. The van der Waals surface area contributed by atoms with Gasteiger partial charge in [0.1, 0.15) is 29.5 Å². The third-order valence-corrected chi connectivity index (χ3v) is 3.55. The molecule has 0 amide bonds. The Morgan fingerprint density at radius 3 is 2.23 bits per heavy atom. The molecule has 3 rings (SSSR count). The van der Waals surface area contributed by atoms with Gasteiger partial charge in [-0.2, -0.15) is 0 Å². The van der Waals surface area contributed by atoms with Crippen LogP contribution in [0.5, 0.6) is 11.5 Å². The first-order valence-electron chi connectivity index (χ1n) is 8.59. The monoisotopic (exact) mass is 350 g/mol. The first-order chi connectivity index (χ1) is 12.8. The minimum absolute atomic E-state index is 0.604. The van der Waals surface area contributed by atoms with Crippen LogP contribution in [0.15, 0.2) is 60.9 Å². The van der Waals surface area contributed by atoms with Crippen molar-refractivity contribution < 1.29 is 9.47 Å². The van der Waals surface area contributed by atoms with E-state index in [2.05, 4.69) is 20.6 Å². The zero-order valence-electron chi connectivity index (χ0n) is 14.9. The summed E-state index contributed by atoms with van der Waals surface area (Å²) in [5.74, 6) is 3.01. The summed E-state index contributed by atoms with van der Waals surface area (Å²) in [5.41, 5.74) is 1.79. The number of aromatic nitrogens is 2. The van der Waals surface area contributed by atoms with Crippen LogP contribution in [0.3, 0.4) is 0 Å². The van der Waals surface area contributed by atoms with Crippen molar-refractivity contribution in [3.05, 3.63) is 60.9 Å². The molecule has 0 aliphatic carbocycles. The van der Waals surface area contributed by atoms with E-state index in [-0.39, 0.29) is 0 Å². The van der Waals surface area contributed by atoms with E-state index >= 15 is 0 Å². The molecule has 0 saturated carbocycles. The van der Waals surface area contributed by atoms with Crippen LogP contribution in [0, 0.1) is 0 Å². The number of rotatable bonds is 8. The molecule has 0 aliphatic heterocycles. The quantitative estimate of drug-likeness (QED) is 0.610. The fourth-order valence-corrected chi connectivity index (χ4v) is 2.43. The van der Waals surface area contributed by atoms with Crippen LogP contribution >= 0.6 is 0 Å². The predicted octanol–water partition coefficient (Wildman–Crippen LogP) is 4.76. The van der Waals surface area contributed by atoms with Gasteiger partial charge in [-0.1, -0.05) is 12.1 Å². The van der Waals surface area contributed by atoms with Gasteiger partial charge in [0, 0.05) is 11.8 Å². The average molecular weight is 350 g/mol. The molecule has 26 heavy (non-hydrogen) atoms. The number of ether oxygens (including phenoxy) is 2. The first kappa shape index (κ1) is 17.5. The van der Waals surface area contributed by atoms with E-state index < -0.39 is 0 Å². The van der Waals surface area contributed by atoms with Crippen LogP contribution in [0.25, 0.3) is 0 Å². The Balaban J connectivity index is 1.72. The molecule has 0 fully saturated rings. The summed E-state index contributed by atoms with van der Waals surface area (Å²) in [7, 11) is 0. The second kappa shape index (κ2) is 8.71. The molecule has 6 heteroatoms. The summed E-state index contributed by atoms with van der Waals surface area (Å²) in [4.78, 5) is 8.55. The Hall–Kier alpha value is -3.28. The Kier molecular flexibility index (Phi) is 5.88. The molecule has 0 unspecified atom stereocenters. The summed E-state index contributed by atoms with van der Waals surface area (Å²) in [6.07, 6.45) is 1.52. The number of benzene rings is 2. The molecule has 2 N–H and O–H groups in total. The van der Waals surface area contributed by atoms with Gasteiger partial charge in [-0.05, 0) is 50.2 Å². The Morgan fingerprint density at radius 2 is 1.50 bits per heavy atom. The maximum absolute atomic E-state index is 5.63. The summed E-state index contributed by atoms with van der Waals surface area (Å²) >= 11 is 0. The van der Waals surface area contributed by atoms with Crippen molar-refractivity contribution in [1.82, 2.24) is 9.97 Å². The third kappa shape index (κ3) is 4.63. The van der Waals surface area contributed by atoms with Crippen molar-refractivity contribution >= 4 is 23.0 Å². The maximum atomic E-state index is 5.63. The summed E-state index contributed by atoms with van der Waals surface area (Å²) in [5, 5.41) is 6.53. The molecule has 6 nitrogen and oxygen atoms in total. The van der Waals surface area contributed by atoms with Crippen LogP contribution in [0.2, 0.25) is 0 Å². The highest BCUT2D eigenvalue weighted by atomic mass is 16.5. The molecule has 0 bridgehead atoms. The minimum Gasteiger partial charge on any atom is -0.494 e. The zero-order valence-corrected chi connectivity index (χ0v) is 14.9. The van der Waals surface area contributed by atoms with Crippen molar-refractivity contribution in [2.75, 3.05) is 23.8 Å². The van der Waals surface area contributed by atoms with Gasteiger partial charge in [-0.3, -0.25) is 0 Å². The van der Waals surface area contributed by atoms with E-state index in [0.717, 1.165) is 22.9 Å². The molecule has 0 saturated heterocycles. The lowest BCUT2D eigenvalue weighted by Crippen LogP contribution is -2.01. The van der Waals surface area contributed by atoms with E-state index in [4.69, 9.17) is 9.47 Å². The van der Waals surface area contributed by atoms with Crippen LogP contribution in [-0.2, 0) is 0 Å². The minimum atomic E-state index is 0.604. The number of anilines is 4. The molecule has 0 atom stereocenters. The van der Waals surface area contributed by atoms with E-state index in [1.807, 2.05) is 68.4 Å². The molecule has 0 aliphatic rings. The van der Waals surface area contributed by atoms with E-state index in [1.165, 1.54) is 6.33 Å². The Labute approximate surface area is 153 Å². The molecule has 134 valence electrons. The van der Waals surface area contributed by atoms with E-state index in [1.54, 1.807) is 0 Å². The van der Waals surface area contributed by atoms with Gasteiger partial charge < -0.3 is 20.1 Å². The van der Waals surface area contributed by atoms with Crippen molar-refractivity contribution in [3.8, 4) is 11.5 Å². The predicted molar refractivity (Wildman–Crippen MR) is 104 cm³/mol. The van der Waals surface area contributed by atoms with Crippen LogP contribution in [-0.4, -0.2) is 23.2 Å². The van der Waals surface area contributed by atoms with Crippen LogP contribution < -0.4 is 20.1 Å². The SMILES string of the molecule is CCOc1ccc(Nc2cc(Nc3ccccc3OCC)ncn2)cc1. The van der Waals surface area contributed by atoms with Gasteiger partial charge in [-0.15, -0.1) is 0 Å². The highest BCUT2D eigenvalue weighted by Crippen LogP contribution is 2.27. The number of hydrogen-bond acceptors (Lipinski definition) is 6. The van der Waals surface area contributed by atoms with Gasteiger partial charge in [0.05, 0.1) is 18.9 Å². The lowest BCUT2D eigenvalue weighted by molar-refractivity contribution is 0.340. The standard InChI is InChI=1S/C20H22N4O2/c1-3-25-16-11-9-15(10-12-16)23-19-13-20(22-14-21-19)24-17-7-5-6-8-18(17)26-4-2/h5-14H,3-4H2,1-2H3,(H2,21,22,23,24). The van der Waals surface area contributed by atoms with Gasteiger partial charge in [-0.25, -0.2) is 9.97 Å². The van der Waals surface area contributed by atoms with Gasteiger partial charge >= 0.3 is 0 Å². The Bertz CT molecular complexity index is 837. The second-order valence-electron chi connectivity index (χ2n) is 5.43.